The summed E-state index contributed by atoms with van der Waals surface area (Å²) in [4.78, 5) is 16.0. The third-order valence-electron chi connectivity index (χ3n) is 3.98. The molecule has 3 rings (SSSR count). The number of pyridine rings is 1. The van der Waals surface area contributed by atoms with E-state index in [1.165, 1.54) is 12.8 Å². The molecule has 0 aliphatic carbocycles. The van der Waals surface area contributed by atoms with Crippen LogP contribution in [0.3, 0.4) is 0 Å². The van der Waals surface area contributed by atoms with Crippen LogP contribution in [-0.4, -0.2) is 41.8 Å². The fraction of sp³-hybridized carbons (Fsp3) is 0.471. The van der Waals surface area contributed by atoms with E-state index >= 15 is 0 Å². The molecule has 1 unspecified atom stereocenters. The van der Waals surface area contributed by atoms with Gasteiger partial charge < -0.3 is 9.64 Å². The second kappa shape index (κ2) is 6.83. The zero-order chi connectivity index (χ0) is 15.4. The Labute approximate surface area is 131 Å². The van der Waals surface area contributed by atoms with E-state index in [0.29, 0.717) is 11.7 Å². The zero-order valence-electron chi connectivity index (χ0n) is 13.2. The summed E-state index contributed by atoms with van der Waals surface area (Å²) in [6.07, 6.45) is 4.17. The second-order valence-electron chi connectivity index (χ2n) is 5.82. The van der Waals surface area contributed by atoms with Crippen molar-refractivity contribution in [1.29, 1.82) is 0 Å². The summed E-state index contributed by atoms with van der Waals surface area (Å²) >= 11 is 0. The standard InChI is InChI=1S/C17H22N4O/c1-13-10-16(21-9-5-6-14(11-21)12-22-2)20-17(19-13)15-7-3-4-8-18-15/h3-4,7-8,10,14H,5-6,9,11-12H2,1-2H3. The van der Waals surface area contributed by atoms with Crippen molar-refractivity contribution in [3.05, 3.63) is 36.2 Å². The Morgan fingerprint density at radius 2 is 2.23 bits per heavy atom. The lowest BCUT2D eigenvalue weighted by atomic mass is 9.99. The molecular formula is C17H22N4O. The van der Waals surface area contributed by atoms with Gasteiger partial charge in [-0.1, -0.05) is 6.07 Å². The van der Waals surface area contributed by atoms with E-state index in [2.05, 4.69) is 20.9 Å². The van der Waals surface area contributed by atoms with E-state index in [1.54, 1.807) is 13.3 Å². The van der Waals surface area contributed by atoms with Crippen LogP contribution in [0.15, 0.2) is 30.5 Å². The number of piperidine rings is 1. The normalized spacial score (nSPS) is 18.5. The fourth-order valence-corrected chi connectivity index (χ4v) is 2.97. The van der Waals surface area contributed by atoms with Gasteiger partial charge in [0.1, 0.15) is 11.5 Å². The third-order valence-corrected chi connectivity index (χ3v) is 3.98. The molecule has 0 aromatic carbocycles. The van der Waals surface area contributed by atoms with Crippen molar-refractivity contribution < 1.29 is 4.74 Å². The van der Waals surface area contributed by atoms with Gasteiger partial charge in [0.2, 0.25) is 0 Å². The van der Waals surface area contributed by atoms with E-state index in [-0.39, 0.29) is 0 Å². The molecule has 2 aromatic rings. The number of hydrogen-bond donors (Lipinski definition) is 0. The van der Waals surface area contributed by atoms with E-state index in [1.807, 2.05) is 25.1 Å². The monoisotopic (exact) mass is 298 g/mol. The summed E-state index contributed by atoms with van der Waals surface area (Å²) in [6, 6.07) is 7.87. The van der Waals surface area contributed by atoms with Crippen molar-refractivity contribution in [1.82, 2.24) is 15.0 Å². The first-order valence-electron chi connectivity index (χ1n) is 7.77. The maximum absolute atomic E-state index is 5.31. The Kier molecular flexibility index (Phi) is 4.63. The molecular weight excluding hydrogens is 276 g/mol. The molecule has 1 fully saturated rings. The number of rotatable bonds is 4. The molecule has 5 nitrogen and oxygen atoms in total. The van der Waals surface area contributed by atoms with Gasteiger partial charge >= 0.3 is 0 Å². The second-order valence-corrected chi connectivity index (χ2v) is 5.82. The average Bonchev–Trinajstić information content (AvgIpc) is 2.56. The fourth-order valence-electron chi connectivity index (χ4n) is 2.97. The SMILES string of the molecule is COCC1CCCN(c2cc(C)nc(-c3ccccn3)n2)C1. The highest BCUT2D eigenvalue weighted by Crippen LogP contribution is 2.24. The van der Waals surface area contributed by atoms with Crippen LogP contribution in [0.4, 0.5) is 5.82 Å². The van der Waals surface area contributed by atoms with Crippen LogP contribution < -0.4 is 4.90 Å². The molecule has 116 valence electrons. The summed E-state index contributed by atoms with van der Waals surface area (Å²) in [5.74, 6) is 2.27. The Bertz CT molecular complexity index is 615. The zero-order valence-corrected chi connectivity index (χ0v) is 13.2. The molecule has 0 N–H and O–H groups in total. The summed E-state index contributed by atoms with van der Waals surface area (Å²) < 4.78 is 5.31. The van der Waals surface area contributed by atoms with E-state index in [9.17, 15) is 0 Å². The summed E-state index contributed by atoms with van der Waals surface area (Å²) in [5, 5.41) is 0. The molecule has 0 amide bonds. The minimum atomic E-state index is 0.576. The Morgan fingerprint density at radius 3 is 3.00 bits per heavy atom. The van der Waals surface area contributed by atoms with Crippen LogP contribution in [-0.2, 0) is 4.74 Å². The van der Waals surface area contributed by atoms with Crippen LogP contribution in [0.2, 0.25) is 0 Å². The first-order valence-corrected chi connectivity index (χ1v) is 7.77. The highest BCUT2D eigenvalue weighted by Gasteiger charge is 2.21. The minimum absolute atomic E-state index is 0.576. The highest BCUT2D eigenvalue weighted by atomic mass is 16.5. The van der Waals surface area contributed by atoms with E-state index in [0.717, 1.165) is 36.9 Å². The van der Waals surface area contributed by atoms with Gasteiger partial charge in [-0.05, 0) is 37.8 Å². The smallest absolute Gasteiger partial charge is 0.180 e. The lowest BCUT2D eigenvalue weighted by Gasteiger charge is -2.33. The summed E-state index contributed by atoms with van der Waals surface area (Å²) in [7, 11) is 1.77. The average molecular weight is 298 g/mol. The Balaban J connectivity index is 1.86. The topological polar surface area (TPSA) is 51.1 Å². The van der Waals surface area contributed by atoms with Gasteiger partial charge in [0, 0.05) is 38.2 Å². The molecule has 0 radical (unpaired) electrons. The van der Waals surface area contributed by atoms with Crippen molar-refractivity contribution in [3.63, 3.8) is 0 Å². The van der Waals surface area contributed by atoms with Crippen LogP contribution in [0, 0.1) is 12.8 Å². The van der Waals surface area contributed by atoms with Gasteiger partial charge in [-0.15, -0.1) is 0 Å². The maximum Gasteiger partial charge on any atom is 0.180 e. The number of anilines is 1. The first kappa shape index (κ1) is 14.9. The first-order chi connectivity index (χ1) is 10.8. The van der Waals surface area contributed by atoms with E-state index < -0.39 is 0 Å². The van der Waals surface area contributed by atoms with Crippen molar-refractivity contribution in [3.8, 4) is 11.5 Å². The lowest BCUT2D eigenvalue weighted by molar-refractivity contribution is 0.143. The largest absolute Gasteiger partial charge is 0.384 e. The Morgan fingerprint density at radius 1 is 1.32 bits per heavy atom. The lowest BCUT2D eigenvalue weighted by Crippen LogP contribution is -2.37. The van der Waals surface area contributed by atoms with Crippen LogP contribution >= 0.6 is 0 Å². The molecule has 5 heteroatoms. The van der Waals surface area contributed by atoms with Crippen LogP contribution in [0.25, 0.3) is 11.5 Å². The van der Waals surface area contributed by atoms with Crippen LogP contribution in [0.5, 0.6) is 0 Å². The molecule has 0 bridgehead atoms. The molecule has 3 heterocycles. The maximum atomic E-state index is 5.31. The predicted molar refractivity (Wildman–Crippen MR) is 86.8 cm³/mol. The molecule has 1 aliphatic heterocycles. The van der Waals surface area contributed by atoms with Gasteiger partial charge in [-0.2, -0.15) is 0 Å². The molecule has 2 aromatic heterocycles. The van der Waals surface area contributed by atoms with E-state index in [4.69, 9.17) is 9.72 Å². The quantitative estimate of drug-likeness (QED) is 0.868. The van der Waals surface area contributed by atoms with Gasteiger partial charge in [-0.3, -0.25) is 4.98 Å². The number of aromatic nitrogens is 3. The molecule has 1 aliphatic rings. The number of ether oxygens (including phenoxy) is 1. The number of aryl methyl sites for hydroxylation is 1. The summed E-state index contributed by atoms with van der Waals surface area (Å²) in [5.41, 5.74) is 1.79. The van der Waals surface area contributed by atoms with Crippen molar-refractivity contribution in [2.45, 2.75) is 19.8 Å². The third kappa shape index (κ3) is 3.42. The molecule has 22 heavy (non-hydrogen) atoms. The Hall–Kier alpha value is -2.01. The number of hydrogen-bond acceptors (Lipinski definition) is 5. The molecule has 1 saturated heterocycles. The molecule has 0 saturated carbocycles. The number of methoxy groups -OCH3 is 1. The van der Waals surface area contributed by atoms with Gasteiger partial charge in [0.15, 0.2) is 5.82 Å². The highest BCUT2D eigenvalue weighted by molar-refractivity contribution is 5.53. The molecule has 0 spiro atoms. The summed E-state index contributed by atoms with van der Waals surface area (Å²) in [6.45, 7) is 4.85. The van der Waals surface area contributed by atoms with Gasteiger partial charge in [0.25, 0.3) is 0 Å². The van der Waals surface area contributed by atoms with Gasteiger partial charge in [-0.25, -0.2) is 9.97 Å². The molecule has 1 atom stereocenters. The van der Waals surface area contributed by atoms with Crippen LogP contribution in [0.1, 0.15) is 18.5 Å². The van der Waals surface area contributed by atoms with Crippen molar-refractivity contribution in [2.75, 3.05) is 31.7 Å². The predicted octanol–water partition coefficient (Wildman–Crippen LogP) is 2.71. The van der Waals surface area contributed by atoms with Crippen molar-refractivity contribution in [2.24, 2.45) is 5.92 Å². The van der Waals surface area contributed by atoms with Crippen molar-refractivity contribution >= 4 is 5.82 Å². The minimum Gasteiger partial charge on any atom is -0.384 e. The number of nitrogens with zero attached hydrogens (tertiary/aromatic N) is 4. The van der Waals surface area contributed by atoms with Gasteiger partial charge in [0.05, 0.1) is 6.61 Å².